The molecular weight excluding hydrogens is 373 g/mol. The fourth-order valence-corrected chi connectivity index (χ4v) is 3.17. The molecule has 2 atom stereocenters. The van der Waals surface area contributed by atoms with Crippen LogP contribution in [-0.4, -0.2) is 40.9 Å². The first-order valence-electron chi connectivity index (χ1n) is 8.45. The summed E-state index contributed by atoms with van der Waals surface area (Å²) < 4.78 is 1.80. The van der Waals surface area contributed by atoms with E-state index in [2.05, 4.69) is 15.3 Å². The highest BCUT2D eigenvalue weighted by Gasteiger charge is 2.24. The van der Waals surface area contributed by atoms with E-state index in [1.165, 1.54) is 0 Å². The van der Waals surface area contributed by atoms with Crippen LogP contribution >= 0.6 is 24.8 Å². The molecule has 0 saturated carbocycles. The minimum Gasteiger partial charge on any atom is -0.367 e. The van der Waals surface area contributed by atoms with Crippen molar-refractivity contribution in [2.45, 2.75) is 31.3 Å². The normalized spacial score (nSPS) is 17.6. The molecule has 1 aliphatic rings. The van der Waals surface area contributed by atoms with Crippen LogP contribution in [0.3, 0.4) is 0 Å². The number of nitrogens with two attached hydrogens (primary N) is 1. The minimum atomic E-state index is -0.513. The van der Waals surface area contributed by atoms with Gasteiger partial charge in [-0.15, -0.1) is 24.8 Å². The van der Waals surface area contributed by atoms with Gasteiger partial charge in [-0.3, -0.25) is 9.48 Å². The van der Waals surface area contributed by atoms with E-state index in [-0.39, 0.29) is 36.8 Å². The summed E-state index contributed by atoms with van der Waals surface area (Å²) in [7, 11) is 1.91. The van der Waals surface area contributed by atoms with E-state index in [4.69, 9.17) is 5.73 Å². The number of piperidine rings is 1. The number of amides is 1. The molecule has 0 radical (unpaired) electrons. The smallest absolute Gasteiger partial charge is 0.237 e. The van der Waals surface area contributed by atoms with Gasteiger partial charge >= 0.3 is 0 Å². The second kappa shape index (κ2) is 10.4. The molecule has 8 heteroatoms. The van der Waals surface area contributed by atoms with Gasteiger partial charge in [0.15, 0.2) is 0 Å². The zero-order valence-electron chi connectivity index (χ0n) is 14.9. The maximum absolute atomic E-state index is 12.4. The SMILES string of the molecule is Cl.Cl.Cn1cc(N2CCCC(NC(=O)C(N)Cc3ccccc3)C2)cn1. The number of nitrogens with one attached hydrogen (secondary N) is 1. The highest BCUT2D eigenvalue weighted by Crippen LogP contribution is 2.19. The summed E-state index contributed by atoms with van der Waals surface area (Å²) in [6, 6.07) is 9.51. The predicted octanol–water partition coefficient (Wildman–Crippen LogP) is 1.92. The van der Waals surface area contributed by atoms with Crippen molar-refractivity contribution in [3.8, 4) is 0 Å². The molecule has 1 aliphatic heterocycles. The van der Waals surface area contributed by atoms with Crippen molar-refractivity contribution in [3.63, 3.8) is 0 Å². The molecule has 0 bridgehead atoms. The van der Waals surface area contributed by atoms with Gasteiger partial charge in [0, 0.05) is 32.4 Å². The molecule has 3 N–H and O–H groups in total. The Labute approximate surface area is 166 Å². The monoisotopic (exact) mass is 399 g/mol. The van der Waals surface area contributed by atoms with Crippen molar-refractivity contribution in [3.05, 3.63) is 48.3 Å². The molecule has 2 heterocycles. The second-order valence-electron chi connectivity index (χ2n) is 6.46. The number of aryl methyl sites for hydroxylation is 1. The number of carbonyl (C=O) groups is 1. The molecule has 144 valence electrons. The van der Waals surface area contributed by atoms with Gasteiger partial charge < -0.3 is 16.0 Å². The van der Waals surface area contributed by atoms with Crippen LogP contribution in [0, 0.1) is 0 Å². The van der Waals surface area contributed by atoms with E-state index in [9.17, 15) is 4.79 Å². The molecule has 0 aliphatic carbocycles. The van der Waals surface area contributed by atoms with Crippen LogP contribution in [-0.2, 0) is 18.3 Å². The largest absolute Gasteiger partial charge is 0.367 e. The lowest BCUT2D eigenvalue weighted by Crippen LogP contribution is -2.52. The number of rotatable bonds is 5. The average molecular weight is 400 g/mol. The predicted molar refractivity (Wildman–Crippen MR) is 109 cm³/mol. The summed E-state index contributed by atoms with van der Waals surface area (Å²) in [5.41, 5.74) is 8.26. The number of anilines is 1. The Kier molecular flexibility index (Phi) is 8.92. The van der Waals surface area contributed by atoms with E-state index in [1.54, 1.807) is 4.68 Å². The lowest BCUT2D eigenvalue weighted by atomic mass is 10.0. The van der Waals surface area contributed by atoms with Gasteiger partial charge in [-0.1, -0.05) is 30.3 Å². The van der Waals surface area contributed by atoms with Crippen LogP contribution in [0.15, 0.2) is 42.7 Å². The molecule has 1 fully saturated rings. The first kappa shape index (κ1) is 22.3. The number of nitrogens with zero attached hydrogens (tertiary/aromatic N) is 3. The summed E-state index contributed by atoms with van der Waals surface area (Å²) in [6.07, 6.45) is 6.47. The molecule has 26 heavy (non-hydrogen) atoms. The molecular formula is C18H27Cl2N5O. The van der Waals surface area contributed by atoms with Crippen LogP contribution in [0.4, 0.5) is 5.69 Å². The number of carbonyl (C=O) groups excluding carboxylic acids is 1. The fraction of sp³-hybridized carbons (Fsp3) is 0.444. The summed E-state index contributed by atoms with van der Waals surface area (Å²) in [4.78, 5) is 14.7. The molecule has 1 amide bonds. The zero-order chi connectivity index (χ0) is 16.9. The molecule has 1 aromatic carbocycles. The highest BCUT2D eigenvalue weighted by molar-refractivity contribution is 5.85. The van der Waals surface area contributed by atoms with Crippen LogP contribution in [0.5, 0.6) is 0 Å². The van der Waals surface area contributed by atoms with Gasteiger partial charge in [0.25, 0.3) is 0 Å². The Morgan fingerprint density at radius 2 is 2.08 bits per heavy atom. The number of hydrogen-bond acceptors (Lipinski definition) is 4. The third kappa shape index (κ3) is 5.90. The maximum atomic E-state index is 12.4. The van der Waals surface area contributed by atoms with Gasteiger partial charge in [0.05, 0.1) is 17.9 Å². The Bertz CT molecular complexity index is 679. The van der Waals surface area contributed by atoms with Crippen molar-refractivity contribution in [2.75, 3.05) is 18.0 Å². The Morgan fingerprint density at radius 1 is 1.35 bits per heavy atom. The quantitative estimate of drug-likeness (QED) is 0.804. The van der Waals surface area contributed by atoms with Crippen LogP contribution in [0.25, 0.3) is 0 Å². The van der Waals surface area contributed by atoms with Crippen LogP contribution in [0.2, 0.25) is 0 Å². The molecule has 2 unspecified atom stereocenters. The summed E-state index contributed by atoms with van der Waals surface area (Å²) in [5.74, 6) is -0.0723. The molecule has 0 spiro atoms. The molecule has 3 rings (SSSR count). The molecule has 1 saturated heterocycles. The minimum absolute atomic E-state index is 0. The number of benzene rings is 1. The third-order valence-electron chi connectivity index (χ3n) is 4.46. The van der Waals surface area contributed by atoms with Crippen molar-refractivity contribution in [1.29, 1.82) is 0 Å². The first-order chi connectivity index (χ1) is 11.6. The number of halogens is 2. The average Bonchev–Trinajstić information content (AvgIpc) is 3.02. The Hall–Kier alpha value is -1.76. The van der Waals surface area contributed by atoms with Crippen molar-refractivity contribution in [1.82, 2.24) is 15.1 Å². The van der Waals surface area contributed by atoms with E-state index >= 15 is 0 Å². The van der Waals surface area contributed by atoms with Crippen molar-refractivity contribution >= 4 is 36.4 Å². The van der Waals surface area contributed by atoms with E-state index in [1.807, 2.05) is 49.8 Å². The topological polar surface area (TPSA) is 76.2 Å². The van der Waals surface area contributed by atoms with Gasteiger partial charge in [-0.25, -0.2) is 0 Å². The third-order valence-corrected chi connectivity index (χ3v) is 4.46. The highest BCUT2D eigenvalue weighted by atomic mass is 35.5. The van der Waals surface area contributed by atoms with E-state index in [0.29, 0.717) is 6.42 Å². The van der Waals surface area contributed by atoms with Gasteiger partial charge in [0.1, 0.15) is 0 Å². The van der Waals surface area contributed by atoms with Crippen molar-refractivity contribution < 1.29 is 4.79 Å². The summed E-state index contributed by atoms with van der Waals surface area (Å²) in [6.45, 7) is 1.80. The lowest BCUT2D eigenvalue weighted by Gasteiger charge is -2.34. The molecule has 6 nitrogen and oxygen atoms in total. The summed E-state index contributed by atoms with van der Waals surface area (Å²) in [5, 5.41) is 7.33. The van der Waals surface area contributed by atoms with Gasteiger partial charge in [-0.05, 0) is 24.8 Å². The molecule has 1 aromatic heterocycles. The first-order valence-corrected chi connectivity index (χ1v) is 8.45. The zero-order valence-corrected chi connectivity index (χ0v) is 16.5. The van der Waals surface area contributed by atoms with Gasteiger partial charge in [-0.2, -0.15) is 5.10 Å². The second-order valence-corrected chi connectivity index (χ2v) is 6.46. The molecule has 2 aromatic rings. The van der Waals surface area contributed by atoms with Crippen molar-refractivity contribution in [2.24, 2.45) is 12.8 Å². The number of hydrogen-bond donors (Lipinski definition) is 2. The summed E-state index contributed by atoms with van der Waals surface area (Å²) >= 11 is 0. The Balaban J connectivity index is 0.00000169. The Morgan fingerprint density at radius 3 is 2.73 bits per heavy atom. The standard InChI is InChI=1S/C18H25N5O.2ClH/c1-22-13-16(11-20-22)23-9-5-8-15(12-23)21-18(24)17(19)10-14-6-3-2-4-7-14;;/h2-4,6-7,11,13,15,17H,5,8-10,12,19H2,1H3,(H,21,24);2*1H. The van der Waals surface area contributed by atoms with E-state index < -0.39 is 6.04 Å². The van der Waals surface area contributed by atoms with Crippen LogP contribution < -0.4 is 16.0 Å². The lowest BCUT2D eigenvalue weighted by molar-refractivity contribution is -0.123. The van der Waals surface area contributed by atoms with E-state index in [0.717, 1.165) is 37.2 Å². The fourth-order valence-electron chi connectivity index (χ4n) is 3.17. The van der Waals surface area contributed by atoms with Gasteiger partial charge in [0.2, 0.25) is 5.91 Å². The van der Waals surface area contributed by atoms with Crippen LogP contribution in [0.1, 0.15) is 18.4 Å². The maximum Gasteiger partial charge on any atom is 0.237 e. The number of aromatic nitrogens is 2.